The molecule has 1 aliphatic heterocycles. The van der Waals surface area contributed by atoms with Crippen LogP contribution in [0.15, 0.2) is 0 Å². The van der Waals surface area contributed by atoms with Crippen LogP contribution >= 0.6 is 0 Å². The molecule has 1 saturated heterocycles. The molecule has 0 aliphatic carbocycles. The molecule has 4 atom stereocenters. The summed E-state index contributed by atoms with van der Waals surface area (Å²) in [4.78, 5) is 0. The zero-order valence-electron chi connectivity index (χ0n) is 8.14. The van der Waals surface area contributed by atoms with Gasteiger partial charge < -0.3 is 19.7 Å². The summed E-state index contributed by atoms with van der Waals surface area (Å²) < 4.78 is 10.3. The second-order valence-electron chi connectivity index (χ2n) is 3.44. The molecule has 13 heavy (non-hydrogen) atoms. The molecule has 1 heterocycles. The molecule has 4 unspecified atom stereocenters. The van der Waals surface area contributed by atoms with E-state index < -0.39 is 12.2 Å². The van der Waals surface area contributed by atoms with Gasteiger partial charge in [0.25, 0.3) is 0 Å². The summed E-state index contributed by atoms with van der Waals surface area (Å²) in [5.41, 5.74) is 0. The Balaban J connectivity index is 2.45. The minimum Gasteiger partial charge on any atom is -0.388 e. The van der Waals surface area contributed by atoms with Crippen LogP contribution < -0.4 is 0 Å². The highest BCUT2D eigenvalue weighted by atomic mass is 16.6. The Bertz CT molecular complexity index is 135. The monoisotopic (exact) mass is 190 g/mol. The summed E-state index contributed by atoms with van der Waals surface area (Å²) in [6.45, 7) is 2.35. The Hall–Kier alpha value is -0.160. The van der Waals surface area contributed by atoms with E-state index in [-0.39, 0.29) is 12.2 Å². The van der Waals surface area contributed by atoms with Crippen molar-refractivity contribution < 1.29 is 19.7 Å². The molecule has 0 aromatic carbocycles. The summed E-state index contributed by atoms with van der Waals surface area (Å²) in [6, 6.07) is 0. The van der Waals surface area contributed by atoms with E-state index in [0.29, 0.717) is 6.61 Å². The topological polar surface area (TPSA) is 58.9 Å². The molecular weight excluding hydrogens is 172 g/mol. The first-order chi connectivity index (χ1) is 6.20. The maximum absolute atomic E-state index is 9.56. The third-order valence-corrected chi connectivity index (χ3v) is 2.37. The van der Waals surface area contributed by atoms with Gasteiger partial charge in [-0.05, 0) is 6.42 Å². The fourth-order valence-electron chi connectivity index (χ4n) is 1.65. The molecule has 0 radical (unpaired) electrons. The Morgan fingerprint density at radius 2 is 1.85 bits per heavy atom. The van der Waals surface area contributed by atoms with E-state index in [0.717, 1.165) is 12.8 Å². The van der Waals surface area contributed by atoms with Gasteiger partial charge in [-0.15, -0.1) is 0 Å². The van der Waals surface area contributed by atoms with Crippen molar-refractivity contribution >= 4 is 0 Å². The molecule has 0 aromatic heterocycles. The number of methoxy groups -OCH3 is 1. The average Bonchev–Trinajstić information content (AvgIpc) is 2.36. The summed E-state index contributed by atoms with van der Waals surface area (Å²) in [7, 11) is 1.55. The molecule has 1 rings (SSSR count). The first kappa shape index (κ1) is 10.9. The molecule has 0 spiro atoms. The summed E-state index contributed by atoms with van der Waals surface area (Å²) in [5.74, 6) is 0. The zero-order valence-corrected chi connectivity index (χ0v) is 8.14. The van der Waals surface area contributed by atoms with Crippen LogP contribution in [-0.2, 0) is 9.47 Å². The third kappa shape index (κ3) is 2.40. The van der Waals surface area contributed by atoms with Crippen LogP contribution in [0.25, 0.3) is 0 Å². The maximum Gasteiger partial charge on any atom is 0.111 e. The van der Waals surface area contributed by atoms with Gasteiger partial charge in [0.2, 0.25) is 0 Å². The van der Waals surface area contributed by atoms with E-state index in [1.54, 1.807) is 7.11 Å². The van der Waals surface area contributed by atoms with E-state index >= 15 is 0 Å². The fraction of sp³-hybridized carbons (Fsp3) is 1.00. The molecule has 0 saturated carbocycles. The van der Waals surface area contributed by atoms with Gasteiger partial charge in [-0.2, -0.15) is 0 Å². The molecule has 0 bridgehead atoms. The highest BCUT2D eigenvalue weighted by molar-refractivity contribution is 4.90. The second kappa shape index (κ2) is 4.91. The largest absolute Gasteiger partial charge is 0.388 e. The smallest absolute Gasteiger partial charge is 0.111 e. The molecule has 78 valence electrons. The summed E-state index contributed by atoms with van der Waals surface area (Å²) in [5, 5.41) is 19.1. The molecule has 4 heteroatoms. The quantitative estimate of drug-likeness (QED) is 0.651. The SMILES string of the molecule is CCCC1OC(COC)C(O)C1O. The number of hydrogen-bond donors (Lipinski definition) is 2. The molecule has 2 N–H and O–H groups in total. The Kier molecular flexibility index (Phi) is 4.12. The van der Waals surface area contributed by atoms with Crippen LogP contribution in [0.1, 0.15) is 19.8 Å². The first-order valence-corrected chi connectivity index (χ1v) is 4.71. The molecule has 4 nitrogen and oxygen atoms in total. The number of hydrogen-bond acceptors (Lipinski definition) is 4. The molecule has 0 aromatic rings. The van der Waals surface area contributed by atoms with Gasteiger partial charge in [0, 0.05) is 7.11 Å². The lowest BCUT2D eigenvalue weighted by atomic mass is 10.1. The highest BCUT2D eigenvalue weighted by Crippen LogP contribution is 2.24. The first-order valence-electron chi connectivity index (χ1n) is 4.71. The van der Waals surface area contributed by atoms with Crippen LogP contribution in [0.3, 0.4) is 0 Å². The number of aliphatic hydroxyl groups excluding tert-OH is 2. The van der Waals surface area contributed by atoms with Crippen molar-refractivity contribution in [3.63, 3.8) is 0 Å². The lowest BCUT2D eigenvalue weighted by molar-refractivity contribution is -0.0349. The molecule has 0 amide bonds. The van der Waals surface area contributed by atoms with Gasteiger partial charge in [0.1, 0.15) is 18.3 Å². The van der Waals surface area contributed by atoms with E-state index in [4.69, 9.17) is 9.47 Å². The normalized spacial score (nSPS) is 39.7. The van der Waals surface area contributed by atoms with Crippen LogP contribution in [0.2, 0.25) is 0 Å². The average molecular weight is 190 g/mol. The van der Waals surface area contributed by atoms with E-state index in [9.17, 15) is 10.2 Å². The standard InChI is InChI=1S/C9H18O4/c1-3-4-6-8(10)9(11)7(13-6)5-12-2/h6-11H,3-5H2,1-2H3. The van der Waals surface area contributed by atoms with Gasteiger partial charge in [0.15, 0.2) is 0 Å². The predicted octanol–water partition coefficient (Wildman–Crippen LogP) is -0.0779. The minimum absolute atomic E-state index is 0.236. The van der Waals surface area contributed by atoms with Gasteiger partial charge in [0.05, 0.1) is 12.7 Å². The van der Waals surface area contributed by atoms with Crippen molar-refractivity contribution in [2.75, 3.05) is 13.7 Å². The van der Waals surface area contributed by atoms with Crippen molar-refractivity contribution in [3.05, 3.63) is 0 Å². The lowest BCUT2D eigenvalue weighted by Gasteiger charge is -2.12. The van der Waals surface area contributed by atoms with Crippen molar-refractivity contribution in [3.8, 4) is 0 Å². The van der Waals surface area contributed by atoms with E-state index in [1.165, 1.54) is 0 Å². The van der Waals surface area contributed by atoms with Gasteiger partial charge in [-0.3, -0.25) is 0 Å². The van der Waals surface area contributed by atoms with Crippen molar-refractivity contribution in [1.29, 1.82) is 0 Å². The van der Waals surface area contributed by atoms with Crippen molar-refractivity contribution in [1.82, 2.24) is 0 Å². The van der Waals surface area contributed by atoms with Crippen LogP contribution in [-0.4, -0.2) is 48.3 Å². The maximum atomic E-state index is 9.56. The minimum atomic E-state index is -0.809. The number of aliphatic hydroxyl groups is 2. The number of ether oxygens (including phenoxy) is 2. The Morgan fingerprint density at radius 1 is 1.23 bits per heavy atom. The lowest BCUT2D eigenvalue weighted by Crippen LogP contribution is -2.34. The van der Waals surface area contributed by atoms with Crippen molar-refractivity contribution in [2.45, 2.75) is 44.2 Å². The van der Waals surface area contributed by atoms with Crippen molar-refractivity contribution in [2.24, 2.45) is 0 Å². The Labute approximate surface area is 78.5 Å². The third-order valence-electron chi connectivity index (χ3n) is 2.37. The number of rotatable bonds is 4. The van der Waals surface area contributed by atoms with Crippen LogP contribution in [0.5, 0.6) is 0 Å². The molecule has 1 aliphatic rings. The van der Waals surface area contributed by atoms with Crippen LogP contribution in [0.4, 0.5) is 0 Å². The predicted molar refractivity (Wildman–Crippen MR) is 47.5 cm³/mol. The van der Waals surface area contributed by atoms with Gasteiger partial charge in [-0.1, -0.05) is 13.3 Å². The van der Waals surface area contributed by atoms with Gasteiger partial charge >= 0.3 is 0 Å². The van der Waals surface area contributed by atoms with E-state index in [2.05, 4.69) is 0 Å². The van der Waals surface area contributed by atoms with Gasteiger partial charge in [-0.25, -0.2) is 0 Å². The Morgan fingerprint density at radius 3 is 2.38 bits per heavy atom. The summed E-state index contributed by atoms with van der Waals surface area (Å²) >= 11 is 0. The zero-order chi connectivity index (χ0) is 9.84. The second-order valence-corrected chi connectivity index (χ2v) is 3.44. The molecular formula is C9H18O4. The fourth-order valence-corrected chi connectivity index (χ4v) is 1.65. The highest BCUT2D eigenvalue weighted by Gasteiger charge is 2.41. The summed E-state index contributed by atoms with van der Waals surface area (Å²) in [6.07, 6.45) is -0.472. The van der Waals surface area contributed by atoms with E-state index in [1.807, 2.05) is 6.92 Å². The van der Waals surface area contributed by atoms with Crippen LogP contribution in [0, 0.1) is 0 Å². The molecule has 1 fully saturated rings.